The van der Waals surface area contributed by atoms with Gasteiger partial charge in [0.2, 0.25) is 0 Å². The second-order valence-electron chi connectivity index (χ2n) is 7.35. The molecule has 3 heterocycles. The molecule has 0 bridgehead atoms. The number of anilines is 2. The van der Waals surface area contributed by atoms with Crippen LogP contribution in [-0.2, 0) is 0 Å². The van der Waals surface area contributed by atoms with Gasteiger partial charge in [0.1, 0.15) is 10.8 Å². The standard InChI is InChI=1S/C18H23ClN6S/c1-12-3-2-5-18(12)6-9-25(10-7-18)14-11-21-17(16(20)23-14)26-13-4-8-22-24-15(13)19/h4,8,11-12H,2-3,5-7,9-10H2,1H3,(H2,20,23)/t12-/m1/s1. The van der Waals surface area contributed by atoms with Crippen LogP contribution in [0.3, 0.4) is 0 Å². The molecule has 2 aromatic rings. The molecular weight excluding hydrogens is 368 g/mol. The molecule has 2 aromatic heterocycles. The molecule has 26 heavy (non-hydrogen) atoms. The summed E-state index contributed by atoms with van der Waals surface area (Å²) in [5.41, 5.74) is 6.72. The molecule has 1 atom stereocenters. The topological polar surface area (TPSA) is 80.8 Å². The second kappa shape index (κ2) is 7.19. The zero-order chi connectivity index (χ0) is 18.1. The molecule has 2 aliphatic rings. The molecule has 0 radical (unpaired) electrons. The van der Waals surface area contributed by atoms with E-state index in [0.717, 1.165) is 29.7 Å². The zero-order valence-corrected chi connectivity index (χ0v) is 16.4. The van der Waals surface area contributed by atoms with E-state index in [1.165, 1.54) is 43.9 Å². The van der Waals surface area contributed by atoms with Crippen molar-refractivity contribution >= 4 is 35.0 Å². The Labute approximate surface area is 162 Å². The van der Waals surface area contributed by atoms with Crippen LogP contribution < -0.4 is 10.6 Å². The first-order chi connectivity index (χ1) is 12.6. The van der Waals surface area contributed by atoms with E-state index in [1.54, 1.807) is 12.3 Å². The number of hydrogen-bond acceptors (Lipinski definition) is 7. The molecule has 1 saturated heterocycles. The predicted molar refractivity (Wildman–Crippen MR) is 105 cm³/mol. The normalized spacial score (nSPS) is 22.1. The molecule has 0 aromatic carbocycles. The van der Waals surface area contributed by atoms with Crippen LogP contribution in [0.5, 0.6) is 0 Å². The largest absolute Gasteiger partial charge is 0.381 e. The van der Waals surface area contributed by atoms with Gasteiger partial charge in [0.25, 0.3) is 0 Å². The second-order valence-corrected chi connectivity index (χ2v) is 8.74. The minimum Gasteiger partial charge on any atom is -0.381 e. The summed E-state index contributed by atoms with van der Waals surface area (Å²) < 4.78 is 0. The number of nitrogens with two attached hydrogens (primary N) is 1. The van der Waals surface area contributed by atoms with E-state index in [0.29, 0.717) is 21.4 Å². The maximum Gasteiger partial charge on any atom is 0.165 e. The van der Waals surface area contributed by atoms with Crippen LogP contribution >= 0.6 is 23.4 Å². The summed E-state index contributed by atoms with van der Waals surface area (Å²) >= 11 is 7.42. The summed E-state index contributed by atoms with van der Waals surface area (Å²) in [5.74, 6) is 2.14. The van der Waals surface area contributed by atoms with Gasteiger partial charge in [-0.25, -0.2) is 9.97 Å². The Balaban J connectivity index is 1.46. The molecular formula is C18H23ClN6S. The molecule has 138 valence electrons. The van der Waals surface area contributed by atoms with Gasteiger partial charge in [-0.1, -0.05) is 43.1 Å². The molecule has 0 amide bonds. The summed E-state index contributed by atoms with van der Waals surface area (Å²) in [5, 5.41) is 8.57. The van der Waals surface area contributed by atoms with E-state index in [1.807, 2.05) is 6.20 Å². The van der Waals surface area contributed by atoms with Crippen molar-refractivity contribution in [2.75, 3.05) is 23.7 Å². The molecule has 1 saturated carbocycles. The number of halogens is 1. The Morgan fingerprint density at radius 3 is 2.77 bits per heavy atom. The van der Waals surface area contributed by atoms with Crippen LogP contribution in [-0.4, -0.2) is 33.3 Å². The highest BCUT2D eigenvalue weighted by molar-refractivity contribution is 7.99. The molecule has 0 unspecified atom stereocenters. The lowest BCUT2D eigenvalue weighted by Gasteiger charge is -2.42. The van der Waals surface area contributed by atoms with Gasteiger partial charge in [-0.2, -0.15) is 5.10 Å². The predicted octanol–water partition coefficient (Wildman–Crippen LogP) is 4.06. The van der Waals surface area contributed by atoms with Gasteiger partial charge in [0, 0.05) is 13.1 Å². The van der Waals surface area contributed by atoms with Crippen LogP contribution in [0.25, 0.3) is 0 Å². The van der Waals surface area contributed by atoms with E-state index in [4.69, 9.17) is 17.3 Å². The molecule has 1 aliphatic carbocycles. The quantitative estimate of drug-likeness (QED) is 0.846. The van der Waals surface area contributed by atoms with Crippen LogP contribution in [0.15, 0.2) is 28.4 Å². The van der Waals surface area contributed by atoms with Crippen molar-refractivity contribution in [3.63, 3.8) is 0 Å². The van der Waals surface area contributed by atoms with Crippen molar-refractivity contribution in [3.8, 4) is 0 Å². The fraction of sp³-hybridized carbons (Fsp3) is 0.556. The first-order valence-corrected chi connectivity index (χ1v) is 10.3. The van der Waals surface area contributed by atoms with Crippen molar-refractivity contribution in [2.24, 2.45) is 11.3 Å². The molecule has 8 heteroatoms. The Bertz CT molecular complexity index is 793. The zero-order valence-electron chi connectivity index (χ0n) is 14.9. The average Bonchev–Trinajstić information content (AvgIpc) is 2.99. The maximum atomic E-state index is 6.16. The number of rotatable bonds is 3. The van der Waals surface area contributed by atoms with Crippen molar-refractivity contribution in [1.82, 2.24) is 20.2 Å². The van der Waals surface area contributed by atoms with Gasteiger partial charge >= 0.3 is 0 Å². The molecule has 2 N–H and O–H groups in total. The average molecular weight is 391 g/mol. The molecule has 1 aliphatic heterocycles. The number of nitrogens with zero attached hydrogens (tertiary/aromatic N) is 5. The van der Waals surface area contributed by atoms with Crippen LogP contribution in [0.4, 0.5) is 11.6 Å². The lowest BCUT2D eigenvalue weighted by Crippen LogP contribution is -2.41. The van der Waals surface area contributed by atoms with Crippen molar-refractivity contribution in [1.29, 1.82) is 0 Å². The van der Waals surface area contributed by atoms with E-state index in [-0.39, 0.29) is 0 Å². The molecule has 6 nitrogen and oxygen atoms in total. The minimum absolute atomic E-state index is 0.342. The molecule has 1 spiro atoms. The van der Waals surface area contributed by atoms with Crippen molar-refractivity contribution in [2.45, 2.75) is 48.9 Å². The lowest BCUT2D eigenvalue weighted by atomic mass is 9.71. The Morgan fingerprint density at radius 2 is 2.12 bits per heavy atom. The smallest absolute Gasteiger partial charge is 0.165 e. The summed E-state index contributed by atoms with van der Waals surface area (Å²) in [6.07, 6.45) is 10.0. The number of piperidine rings is 1. The highest BCUT2D eigenvalue weighted by Gasteiger charge is 2.42. The Hall–Kier alpha value is -1.60. The fourth-order valence-electron chi connectivity index (χ4n) is 4.33. The summed E-state index contributed by atoms with van der Waals surface area (Å²) in [6.45, 7) is 4.49. The summed E-state index contributed by atoms with van der Waals surface area (Å²) in [4.78, 5) is 12.2. The van der Waals surface area contributed by atoms with Gasteiger partial charge in [0.05, 0.1) is 17.3 Å². The molecule has 4 rings (SSSR count). The minimum atomic E-state index is 0.342. The van der Waals surface area contributed by atoms with Crippen LogP contribution in [0.2, 0.25) is 5.15 Å². The van der Waals surface area contributed by atoms with E-state index in [2.05, 4.69) is 32.0 Å². The first kappa shape index (κ1) is 17.8. The summed E-state index contributed by atoms with van der Waals surface area (Å²) in [6, 6.07) is 1.79. The van der Waals surface area contributed by atoms with Crippen molar-refractivity contribution in [3.05, 3.63) is 23.6 Å². The lowest BCUT2D eigenvalue weighted by molar-refractivity contribution is 0.161. The van der Waals surface area contributed by atoms with Crippen LogP contribution in [0, 0.1) is 11.3 Å². The van der Waals surface area contributed by atoms with E-state index >= 15 is 0 Å². The van der Waals surface area contributed by atoms with Gasteiger partial charge in [-0.3, -0.25) is 0 Å². The maximum absolute atomic E-state index is 6.16. The SMILES string of the molecule is C[C@@H]1CCCC12CCN(c1cnc(Sc3ccnnc3Cl)c(N)n1)CC2. The number of hydrogen-bond donors (Lipinski definition) is 1. The van der Waals surface area contributed by atoms with E-state index in [9.17, 15) is 0 Å². The third-order valence-electron chi connectivity index (χ3n) is 6.04. The monoisotopic (exact) mass is 390 g/mol. The van der Waals surface area contributed by atoms with Crippen molar-refractivity contribution < 1.29 is 0 Å². The van der Waals surface area contributed by atoms with Gasteiger partial charge < -0.3 is 10.6 Å². The van der Waals surface area contributed by atoms with Gasteiger partial charge in [-0.15, -0.1) is 5.10 Å². The van der Waals surface area contributed by atoms with Gasteiger partial charge in [-0.05, 0) is 36.7 Å². The number of aromatic nitrogens is 4. The van der Waals surface area contributed by atoms with Crippen LogP contribution in [0.1, 0.15) is 39.0 Å². The number of nitrogen functional groups attached to an aromatic ring is 1. The highest BCUT2D eigenvalue weighted by atomic mass is 35.5. The fourth-order valence-corrected chi connectivity index (χ4v) is 5.27. The Kier molecular flexibility index (Phi) is 4.92. The van der Waals surface area contributed by atoms with E-state index < -0.39 is 0 Å². The third-order valence-corrected chi connectivity index (χ3v) is 7.49. The highest BCUT2D eigenvalue weighted by Crippen LogP contribution is 2.50. The summed E-state index contributed by atoms with van der Waals surface area (Å²) in [7, 11) is 0. The first-order valence-electron chi connectivity index (χ1n) is 9.10. The Morgan fingerprint density at radius 1 is 1.31 bits per heavy atom. The van der Waals surface area contributed by atoms with Gasteiger partial charge in [0.15, 0.2) is 11.0 Å². The molecule has 2 fully saturated rings. The third kappa shape index (κ3) is 3.34.